The van der Waals surface area contributed by atoms with Crippen molar-refractivity contribution in [2.75, 3.05) is 21.3 Å². The number of rotatable bonds is 6. The van der Waals surface area contributed by atoms with Crippen molar-refractivity contribution in [3.8, 4) is 17.2 Å². The number of carbonyl (C=O) groups excluding carboxylic acids is 1. The Bertz CT molecular complexity index is 605. The van der Waals surface area contributed by atoms with Crippen LogP contribution in [-0.2, 0) is 4.79 Å². The van der Waals surface area contributed by atoms with Gasteiger partial charge in [0.2, 0.25) is 5.75 Å². The topological polar surface area (TPSA) is 94.1 Å². The number of hydrogen-bond acceptors (Lipinski definition) is 5. The van der Waals surface area contributed by atoms with Crippen molar-refractivity contribution in [2.45, 2.75) is 38.1 Å². The number of carboxylic acid groups (broad SMARTS) is 1. The zero-order valence-electron chi connectivity index (χ0n) is 14.8. The summed E-state index contributed by atoms with van der Waals surface area (Å²) in [5.41, 5.74) is 0.336. The van der Waals surface area contributed by atoms with Crippen molar-refractivity contribution < 1.29 is 28.9 Å². The third kappa shape index (κ3) is 4.35. The minimum atomic E-state index is -0.864. The van der Waals surface area contributed by atoms with Gasteiger partial charge in [-0.1, -0.05) is 19.3 Å². The Morgan fingerprint density at radius 2 is 1.60 bits per heavy atom. The van der Waals surface area contributed by atoms with E-state index in [-0.39, 0.29) is 11.9 Å². The van der Waals surface area contributed by atoms with E-state index in [1.807, 2.05) is 0 Å². The molecule has 2 rings (SSSR count). The van der Waals surface area contributed by atoms with E-state index < -0.39 is 11.9 Å². The first-order chi connectivity index (χ1) is 12.0. The quantitative estimate of drug-likeness (QED) is 0.765. The van der Waals surface area contributed by atoms with Gasteiger partial charge in [0.1, 0.15) is 0 Å². The molecule has 2 atom stereocenters. The average Bonchev–Trinajstić information content (AvgIpc) is 2.85. The maximum atomic E-state index is 12.7. The third-order valence-electron chi connectivity index (χ3n) is 4.58. The number of carboxylic acids is 1. The van der Waals surface area contributed by atoms with E-state index in [4.69, 9.17) is 14.2 Å². The predicted molar refractivity (Wildman–Crippen MR) is 91.6 cm³/mol. The third-order valence-corrected chi connectivity index (χ3v) is 4.58. The van der Waals surface area contributed by atoms with Crippen LogP contribution in [0.2, 0.25) is 0 Å². The van der Waals surface area contributed by atoms with Crippen molar-refractivity contribution in [1.82, 2.24) is 5.32 Å². The van der Waals surface area contributed by atoms with Crippen molar-refractivity contribution in [1.29, 1.82) is 0 Å². The van der Waals surface area contributed by atoms with Crippen LogP contribution in [0.4, 0.5) is 0 Å². The van der Waals surface area contributed by atoms with Crippen molar-refractivity contribution >= 4 is 11.9 Å². The Balaban J connectivity index is 2.25. The molecule has 1 fully saturated rings. The number of methoxy groups -OCH3 is 3. The molecule has 7 nitrogen and oxygen atoms in total. The molecule has 1 aromatic carbocycles. The highest BCUT2D eigenvalue weighted by atomic mass is 16.5. The van der Waals surface area contributed by atoms with Crippen LogP contribution in [0.25, 0.3) is 0 Å². The number of amides is 1. The van der Waals surface area contributed by atoms with Gasteiger partial charge in [-0.3, -0.25) is 9.59 Å². The lowest BCUT2D eigenvalue weighted by molar-refractivity contribution is -0.142. The number of hydrogen-bond donors (Lipinski definition) is 2. The molecule has 0 heterocycles. The van der Waals surface area contributed by atoms with Crippen molar-refractivity contribution in [3.05, 3.63) is 17.7 Å². The largest absolute Gasteiger partial charge is 0.493 e. The van der Waals surface area contributed by atoms with Crippen LogP contribution in [0.3, 0.4) is 0 Å². The van der Waals surface area contributed by atoms with Gasteiger partial charge >= 0.3 is 5.97 Å². The fourth-order valence-corrected chi connectivity index (χ4v) is 3.24. The average molecular weight is 351 g/mol. The van der Waals surface area contributed by atoms with Crippen LogP contribution in [0, 0.1) is 5.92 Å². The molecule has 1 aliphatic rings. The monoisotopic (exact) mass is 351 g/mol. The molecule has 1 saturated carbocycles. The standard InChI is InChI=1S/C18H25NO6/c1-23-14-9-11(10-15(24-2)16(14)25-3)17(20)19-13-8-6-4-5-7-12(13)18(21)22/h9-10,12-13H,4-8H2,1-3H3,(H,19,20)(H,21,22)/t12-,13+/m1/s1. The predicted octanol–water partition coefficient (Wildman–Crippen LogP) is 2.48. The van der Waals surface area contributed by atoms with E-state index in [1.54, 1.807) is 12.1 Å². The molecule has 1 aromatic rings. The van der Waals surface area contributed by atoms with Gasteiger partial charge in [0.25, 0.3) is 5.91 Å². The second-order valence-electron chi connectivity index (χ2n) is 6.08. The summed E-state index contributed by atoms with van der Waals surface area (Å²) in [5, 5.41) is 12.3. The second kappa shape index (κ2) is 8.60. The number of aliphatic carboxylic acids is 1. The van der Waals surface area contributed by atoms with E-state index >= 15 is 0 Å². The fourth-order valence-electron chi connectivity index (χ4n) is 3.24. The molecule has 1 amide bonds. The molecule has 0 saturated heterocycles. The SMILES string of the molecule is COc1cc(C(=O)N[C@H]2CCCCC[C@H]2C(=O)O)cc(OC)c1OC. The van der Waals surface area contributed by atoms with E-state index in [9.17, 15) is 14.7 Å². The Morgan fingerprint density at radius 3 is 2.12 bits per heavy atom. The maximum Gasteiger partial charge on any atom is 0.308 e. The molecule has 0 aromatic heterocycles. The zero-order chi connectivity index (χ0) is 18.4. The smallest absolute Gasteiger partial charge is 0.308 e. The van der Waals surface area contributed by atoms with Crippen LogP contribution < -0.4 is 19.5 Å². The molecule has 0 spiro atoms. The second-order valence-corrected chi connectivity index (χ2v) is 6.08. The number of ether oxygens (including phenoxy) is 3. The maximum absolute atomic E-state index is 12.7. The molecule has 7 heteroatoms. The fraction of sp³-hybridized carbons (Fsp3) is 0.556. The molecule has 1 aliphatic carbocycles. The normalized spacial score (nSPS) is 20.3. The molecular formula is C18H25NO6. The van der Waals surface area contributed by atoms with Gasteiger partial charge in [0.15, 0.2) is 11.5 Å². The first kappa shape index (κ1) is 18.9. The van der Waals surface area contributed by atoms with E-state index in [1.165, 1.54) is 21.3 Å². The molecule has 25 heavy (non-hydrogen) atoms. The van der Waals surface area contributed by atoms with Crippen molar-refractivity contribution in [3.63, 3.8) is 0 Å². The summed E-state index contributed by atoms with van der Waals surface area (Å²) < 4.78 is 15.8. The Morgan fingerprint density at radius 1 is 1.00 bits per heavy atom. The lowest BCUT2D eigenvalue weighted by atomic mass is 9.94. The highest BCUT2D eigenvalue weighted by Crippen LogP contribution is 2.38. The Kier molecular flexibility index (Phi) is 6.50. The minimum Gasteiger partial charge on any atom is -0.493 e. The minimum absolute atomic E-state index is 0.336. The van der Waals surface area contributed by atoms with Gasteiger partial charge < -0.3 is 24.6 Å². The molecule has 0 bridgehead atoms. The first-order valence-electron chi connectivity index (χ1n) is 8.35. The van der Waals surface area contributed by atoms with Crippen LogP contribution in [0.5, 0.6) is 17.2 Å². The van der Waals surface area contributed by atoms with Crippen LogP contribution in [-0.4, -0.2) is 44.4 Å². The van der Waals surface area contributed by atoms with Gasteiger partial charge in [-0.05, 0) is 25.0 Å². The molecule has 0 unspecified atom stereocenters. The molecule has 0 aliphatic heterocycles. The number of nitrogens with one attached hydrogen (secondary N) is 1. The van der Waals surface area contributed by atoms with Crippen LogP contribution in [0.1, 0.15) is 42.5 Å². The lowest BCUT2D eigenvalue weighted by Crippen LogP contribution is -2.42. The summed E-state index contributed by atoms with van der Waals surface area (Å²) in [6.07, 6.45) is 4.00. The van der Waals surface area contributed by atoms with E-state index in [2.05, 4.69) is 5.32 Å². The lowest BCUT2D eigenvalue weighted by Gasteiger charge is -2.23. The van der Waals surface area contributed by atoms with E-state index in [0.29, 0.717) is 35.7 Å². The van der Waals surface area contributed by atoms with Crippen molar-refractivity contribution in [2.24, 2.45) is 5.92 Å². The highest BCUT2D eigenvalue weighted by molar-refractivity contribution is 5.96. The van der Waals surface area contributed by atoms with Gasteiger partial charge in [0.05, 0.1) is 27.2 Å². The van der Waals surface area contributed by atoms with Crippen LogP contribution >= 0.6 is 0 Å². The summed E-state index contributed by atoms with van der Waals surface area (Å²) in [4.78, 5) is 24.2. The van der Waals surface area contributed by atoms with E-state index in [0.717, 1.165) is 19.3 Å². The molecule has 138 valence electrons. The Hall–Kier alpha value is -2.44. The molecule has 0 radical (unpaired) electrons. The summed E-state index contributed by atoms with van der Waals surface area (Å²) in [6.45, 7) is 0. The zero-order valence-corrected chi connectivity index (χ0v) is 14.8. The van der Waals surface area contributed by atoms with Gasteiger partial charge in [-0.25, -0.2) is 0 Å². The summed E-state index contributed by atoms with van der Waals surface area (Å²) in [6, 6.07) is 2.73. The van der Waals surface area contributed by atoms with Gasteiger partial charge in [-0.2, -0.15) is 0 Å². The Labute approximate surface area is 147 Å². The summed E-state index contributed by atoms with van der Waals surface area (Å²) in [5.74, 6) is -0.618. The van der Waals surface area contributed by atoms with Gasteiger partial charge in [0, 0.05) is 11.6 Å². The summed E-state index contributed by atoms with van der Waals surface area (Å²) >= 11 is 0. The number of carbonyl (C=O) groups is 2. The molecular weight excluding hydrogens is 326 g/mol. The first-order valence-corrected chi connectivity index (χ1v) is 8.35. The number of benzene rings is 1. The summed E-state index contributed by atoms with van der Waals surface area (Å²) in [7, 11) is 4.44. The van der Waals surface area contributed by atoms with Gasteiger partial charge in [-0.15, -0.1) is 0 Å². The molecule has 2 N–H and O–H groups in total. The van der Waals surface area contributed by atoms with Crippen LogP contribution in [0.15, 0.2) is 12.1 Å². The highest BCUT2D eigenvalue weighted by Gasteiger charge is 2.31.